The van der Waals surface area contributed by atoms with Crippen molar-refractivity contribution in [1.29, 1.82) is 0 Å². The number of hydrogen-bond acceptors (Lipinski definition) is 3. The molecule has 0 saturated carbocycles. The Kier molecular flexibility index (Phi) is 2.73. The van der Waals surface area contributed by atoms with E-state index in [0.29, 0.717) is 6.42 Å². The van der Waals surface area contributed by atoms with E-state index in [1.807, 2.05) is 18.2 Å². The monoisotopic (exact) mass is 205 g/mol. The molecule has 1 unspecified atom stereocenters. The van der Waals surface area contributed by atoms with Gasteiger partial charge in [0.05, 0.1) is 6.61 Å². The Balaban J connectivity index is 2.19. The van der Waals surface area contributed by atoms with Crippen molar-refractivity contribution < 1.29 is 9.53 Å². The third-order valence-corrected chi connectivity index (χ3v) is 2.66. The van der Waals surface area contributed by atoms with Crippen molar-refractivity contribution in [2.75, 3.05) is 6.61 Å². The highest BCUT2D eigenvalue weighted by Gasteiger charge is 2.15. The molecule has 3 heteroatoms. The van der Waals surface area contributed by atoms with E-state index in [1.165, 1.54) is 5.56 Å². The number of carbonyl (C=O) groups excluding carboxylic acids is 1. The molecule has 0 radical (unpaired) electrons. The number of fused-ring (bicyclic) bond motifs is 1. The van der Waals surface area contributed by atoms with Gasteiger partial charge in [-0.1, -0.05) is 12.1 Å². The Morgan fingerprint density at radius 1 is 1.60 bits per heavy atom. The van der Waals surface area contributed by atoms with E-state index in [0.717, 1.165) is 24.3 Å². The second kappa shape index (κ2) is 4.03. The maximum atomic E-state index is 10.9. The third kappa shape index (κ3) is 2.18. The number of hydrogen-bond donors (Lipinski definition) is 1. The highest BCUT2D eigenvalue weighted by Crippen LogP contribution is 2.28. The summed E-state index contributed by atoms with van der Waals surface area (Å²) in [5.74, 6) is 1.04. The van der Waals surface area contributed by atoms with Gasteiger partial charge >= 0.3 is 0 Å². The SMILES string of the molecule is CC(=O)CC(N)c1ccc2c(c1)OCC2. The lowest BCUT2D eigenvalue weighted by Crippen LogP contribution is -2.13. The zero-order valence-electron chi connectivity index (χ0n) is 8.82. The van der Waals surface area contributed by atoms with Crippen molar-refractivity contribution in [3.63, 3.8) is 0 Å². The molecule has 0 bridgehead atoms. The molecule has 1 aliphatic rings. The van der Waals surface area contributed by atoms with Crippen LogP contribution >= 0.6 is 0 Å². The van der Waals surface area contributed by atoms with Crippen LogP contribution in [0.4, 0.5) is 0 Å². The van der Waals surface area contributed by atoms with E-state index in [-0.39, 0.29) is 11.8 Å². The first-order chi connectivity index (χ1) is 7.16. The maximum absolute atomic E-state index is 10.9. The average molecular weight is 205 g/mol. The van der Waals surface area contributed by atoms with Crippen molar-refractivity contribution >= 4 is 5.78 Å². The number of benzene rings is 1. The van der Waals surface area contributed by atoms with Crippen LogP contribution in [-0.4, -0.2) is 12.4 Å². The summed E-state index contributed by atoms with van der Waals surface area (Å²) >= 11 is 0. The molecule has 2 N–H and O–H groups in total. The van der Waals surface area contributed by atoms with Crippen LogP contribution in [0.2, 0.25) is 0 Å². The Hall–Kier alpha value is -1.35. The lowest BCUT2D eigenvalue weighted by atomic mass is 10.0. The maximum Gasteiger partial charge on any atom is 0.131 e. The van der Waals surface area contributed by atoms with Crippen LogP contribution in [0.3, 0.4) is 0 Å². The minimum Gasteiger partial charge on any atom is -0.493 e. The molecule has 1 aromatic rings. The first kappa shape index (κ1) is 10.2. The normalized spacial score (nSPS) is 15.6. The lowest BCUT2D eigenvalue weighted by molar-refractivity contribution is -0.117. The van der Waals surface area contributed by atoms with E-state index in [2.05, 4.69) is 0 Å². The van der Waals surface area contributed by atoms with Gasteiger partial charge < -0.3 is 10.5 Å². The molecule has 0 amide bonds. The second-order valence-corrected chi connectivity index (χ2v) is 3.98. The summed E-state index contributed by atoms with van der Waals surface area (Å²) in [6.07, 6.45) is 1.36. The molecule has 0 aliphatic carbocycles. The molecule has 2 rings (SSSR count). The van der Waals surface area contributed by atoms with Crippen molar-refractivity contribution in [3.05, 3.63) is 29.3 Å². The van der Waals surface area contributed by atoms with Gasteiger partial charge in [0.2, 0.25) is 0 Å². The Labute approximate surface area is 89.2 Å². The van der Waals surface area contributed by atoms with Gasteiger partial charge in [0.1, 0.15) is 11.5 Å². The lowest BCUT2D eigenvalue weighted by Gasteiger charge is -2.11. The van der Waals surface area contributed by atoms with E-state index >= 15 is 0 Å². The molecule has 1 heterocycles. The summed E-state index contributed by atoms with van der Waals surface area (Å²) in [5, 5.41) is 0. The van der Waals surface area contributed by atoms with Crippen molar-refractivity contribution in [2.45, 2.75) is 25.8 Å². The summed E-state index contributed by atoms with van der Waals surface area (Å²) in [7, 11) is 0. The van der Waals surface area contributed by atoms with Gasteiger partial charge in [-0.2, -0.15) is 0 Å². The highest BCUT2D eigenvalue weighted by atomic mass is 16.5. The van der Waals surface area contributed by atoms with Crippen LogP contribution in [0.25, 0.3) is 0 Å². The third-order valence-electron chi connectivity index (χ3n) is 2.66. The molecule has 1 aromatic carbocycles. The van der Waals surface area contributed by atoms with Gasteiger partial charge in [0, 0.05) is 18.9 Å². The summed E-state index contributed by atoms with van der Waals surface area (Å²) < 4.78 is 5.45. The quantitative estimate of drug-likeness (QED) is 0.815. The first-order valence-electron chi connectivity index (χ1n) is 5.17. The van der Waals surface area contributed by atoms with E-state index in [4.69, 9.17) is 10.5 Å². The number of ketones is 1. The number of rotatable bonds is 3. The Morgan fingerprint density at radius 3 is 3.13 bits per heavy atom. The molecule has 0 fully saturated rings. The summed E-state index contributed by atoms with van der Waals surface area (Å²) in [5.41, 5.74) is 8.12. The fourth-order valence-corrected chi connectivity index (χ4v) is 1.84. The molecule has 1 atom stereocenters. The predicted molar refractivity (Wildman–Crippen MR) is 57.9 cm³/mol. The van der Waals surface area contributed by atoms with Crippen LogP contribution < -0.4 is 10.5 Å². The fourth-order valence-electron chi connectivity index (χ4n) is 1.84. The standard InChI is InChI=1S/C12H15NO2/c1-8(14)6-11(13)10-3-2-9-4-5-15-12(9)7-10/h2-3,7,11H,4-6,13H2,1H3. The zero-order chi connectivity index (χ0) is 10.8. The summed E-state index contributed by atoms with van der Waals surface area (Å²) in [6, 6.07) is 5.77. The number of nitrogens with two attached hydrogens (primary N) is 1. The van der Waals surface area contributed by atoms with Crippen LogP contribution in [0.5, 0.6) is 5.75 Å². The first-order valence-corrected chi connectivity index (χ1v) is 5.17. The van der Waals surface area contributed by atoms with Crippen LogP contribution in [-0.2, 0) is 11.2 Å². The Bertz CT molecular complexity index is 387. The second-order valence-electron chi connectivity index (χ2n) is 3.98. The van der Waals surface area contributed by atoms with Crippen LogP contribution in [0.1, 0.15) is 30.5 Å². The molecule has 0 saturated heterocycles. The topological polar surface area (TPSA) is 52.3 Å². The van der Waals surface area contributed by atoms with Crippen molar-refractivity contribution in [3.8, 4) is 5.75 Å². The number of ether oxygens (including phenoxy) is 1. The van der Waals surface area contributed by atoms with Crippen molar-refractivity contribution in [2.24, 2.45) is 5.73 Å². The molecule has 0 spiro atoms. The molecule has 1 aliphatic heterocycles. The van der Waals surface area contributed by atoms with Gasteiger partial charge in [0.15, 0.2) is 0 Å². The zero-order valence-corrected chi connectivity index (χ0v) is 8.82. The minimum atomic E-state index is -0.211. The van der Waals surface area contributed by atoms with Crippen molar-refractivity contribution in [1.82, 2.24) is 0 Å². The largest absolute Gasteiger partial charge is 0.493 e. The van der Waals surface area contributed by atoms with Gasteiger partial charge in [-0.25, -0.2) is 0 Å². The predicted octanol–water partition coefficient (Wildman–Crippen LogP) is 1.60. The number of Topliss-reactive ketones (excluding diaryl/α,β-unsaturated/α-hetero) is 1. The van der Waals surface area contributed by atoms with Crippen LogP contribution in [0.15, 0.2) is 18.2 Å². The molecule has 3 nitrogen and oxygen atoms in total. The molecule has 15 heavy (non-hydrogen) atoms. The summed E-state index contributed by atoms with van der Waals surface area (Å²) in [4.78, 5) is 10.9. The van der Waals surface area contributed by atoms with E-state index in [1.54, 1.807) is 6.92 Å². The molecular weight excluding hydrogens is 190 g/mol. The van der Waals surface area contributed by atoms with Gasteiger partial charge in [-0.3, -0.25) is 4.79 Å². The summed E-state index contributed by atoms with van der Waals surface area (Å²) in [6.45, 7) is 2.31. The number of carbonyl (C=O) groups is 1. The molecule has 0 aromatic heterocycles. The molecular formula is C12H15NO2. The van der Waals surface area contributed by atoms with Crippen LogP contribution in [0, 0.1) is 0 Å². The van der Waals surface area contributed by atoms with Gasteiger partial charge in [0.25, 0.3) is 0 Å². The smallest absolute Gasteiger partial charge is 0.131 e. The average Bonchev–Trinajstić information content (AvgIpc) is 2.62. The minimum absolute atomic E-state index is 0.115. The highest BCUT2D eigenvalue weighted by molar-refractivity contribution is 5.76. The van der Waals surface area contributed by atoms with Gasteiger partial charge in [-0.15, -0.1) is 0 Å². The van der Waals surface area contributed by atoms with Gasteiger partial charge in [-0.05, 0) is 24.1 Å². The fraction of sp³-hybridized carbons (Fsp3) is 0.417. The van der Waals surface area contributed by atoms with E-state index < -0.39 is 0 Å². The van der Waals surface area contributed by atoms with E-state index in [9.17, 15) is 4.79 Å². The molecule has 80 valence electrons. The Morgan fingerprint density at radius 2 is 2.40 bits per heavy atom.